The maximum Gasteiger partial charge on any atom is 0.256 e. The summed E-state index contributed by atoms with van der Waals surface area (Å²) in [7, 11) is 0. The van der Waals surface area contributed by atoms with Crippen LogP contribution in [0.2, 0.25) is 0 Å². The molecule has 0 spiro atoms. The van der Waals surface area contributed by atoms with Crippen LogP contribution in [0.3, 0.4) is 0 Å². The van der Waals surface area contributed by atoms with Gasteiger partial charge in [-0.1, -0.05) is 30.3 Å². The molecule has 0 fully saturated rings. The Morgan fingerprint density at radius 3 is 2.10 bits per heavy atom. The zero-order chi connectivity index (χ0) is 15.2. The summed E-state index contributed by atoms with van der Waals surface area (Å²) in [4.78, 5) is 26.7. The maximum absolute atomic E-state index is 12.5. The van der Waals surface area contributed by atoms with E-state index in [9.17, 15) is 9.59 Å². The highest BCUT2D eigenvalue weighted by atomic mass is 16.2. The molecular formula is C16H17N3O2. The van der Waals surface area contributed by atoms with Gasteiger partial charge in [-0.15, -0.1) is 0 Å². The monoisotopic (exact) mass is 283 g/mol. The molecule has 1 aromatic heterocycles. The Labute approximate surface area is 123 Å². The van der Waals surface area contributed by atoms with Crippen LogP contribution in [0.25, 0.3) is 0 Å². The summed E-state index contributed by atoms with van der Waals surface area (Å²) in [5.74, 6) is -0.421. The Morgan fingerprint density at radius 2 is 1.52 bits per heavy atom. The molecule has 0 N–H and O–H groups in total. The molecule has 1 amide bonds. The fourth-order valence-electron chi connectivity index (χ4n) is 2.10. The van der Waals surface area contributed by atoms with Crippen LogP contribution in [0.5, 0.6) is 0 Å². The van der Waals surface area contributed by atoms with Gasteiger partial charge in [-0.05, 0) is 13.8 Å². The number of benzene rings is 1. The first-order valence-electron chi connectivity index (χ1n) is 6.88. The molecule has 108 valence electrons. The molecule has 21 heavy (non-hydrogen) atoms. The average Bonchev–Trinajstić information content (AvgIpc) is 2.56. The van der Waals surface area contributed by atoms with E-state index >= 15 is 0 Å². The van der Waals surface area contributed by atoms with Crippen LogP contribution in [0.1, 0.15) is 40.1 Å². The number of nitrogens with zero attached hydrogens (tertiary/aromatic N) is 3. The second kappa shape index (κ2) is 6.74. The molecule has 0 atom stereocenters. The van der Waals surface area contributed by atoms with E-state index in [0.717, 1.165) is 0 Å². The molecule has 0 radical (unpaired) electrons. The summed E-state index contributed by atoms with van der Waals surface area (Å²) >= 11 is 0. The molecule has 2 aromatic rings. The largest absolute Gasteiger partial charge is 0.339 e. The molecule has 5 nitrogen and oxygen atoms in total. The number of carbonyl (C=O) groups is 2. The van der Waals surface area contributed by atoms with E-state index < -0.39 is 0 Å². The lowest BCUT2D eigenvalue weighted by molar-refractivity contribution is 0.0767. The van der Waals surface area contributed by atoms with Crippen molar-refractivity contribution in [3.63, 3.8) is 0 Å². The molecule has 0 aliphatic heterocycles. The highest BCUT2D eigenvalue weighted by Gasteiger charge is 2.21. The van der Waals surface area contributed by atoms with E-state index in [1.807, 2.05) is 19.9 Å². The molecular weight excluding hydrogens is 266 g/mol. The van der Waals surface area contributed by atoms with E-state index in [1.54, 1.807) is 29.2 Å². The predicted octanol–water partition coefficient (Wildman–Crippen LogP) is 2.19. The van der Waals surface area contributed by atoms with Gasteiger partial charge in [0.25, 0.3) is 5.91 Å². The van der Waals surface area contributed by atoms with Crippen molar-refractivity contribution in [2.75, 3.05) is 13.1 Å². The molecule has 0 aliphatic rings. The first-order chi connectivity index (χ1) is 10.2. The summed E-state index contributed by atoms with van der Waals surface area (Å²) in [5, 5.41) is 7.49. The van der Waals surface area contributed by atoms with E-state index in [-0.39, 0.29) is 17.3 Å². The Kier molecular flexibility index (Phi) is 4.77. The SMILES string of the molecule is CCN(CC)C(=O)c1cnncc1C(=O)c1ccccc1. The Hall–Kier alpha value is -2.56. The maximum atomic E-state index is 12.5. The quantitative estimate of drug-likeness (QED) is 0.789. The van der Waals surface area contributed by atoms with Crippen molar-refractivity contribution >= 4 is 11.7 Å². The molecule has 1 aromatic carbocycles. The van der Waals surface area contributed by atoms with Gasteiger partial charge >= 0.3 is 0 Å². The van der Waals surface area contributed by atoms with Crippen LogP contribution in [-0.4, -0.2) is 39.9 Å². The van der Waals surface area contributed by atoms with Gasteiger partial charge in [0.05, 0.1) is 23.5 Å². The van der Waals surface area contributed by atoms with Crippen molar-refractivity contribution in [1.29, 1.82) is 0 Å². The van der Waals surface area contributed by atoms with Gasteiger partial charge in [0.2, 0.25) is 0 Å². The van der Waals surface area contributed by atoms with E-state index in [2.05, 4.69) is 10.2 Å². The molecule has 2 rings (SSSR count). The van der Waals surface area contributed by atoms with Gasteiger partial charge in [-0.2, -0.15) is 10.2 Å². The molecule has 0 unspecified atom stereocenters. The fourth-order valence-corrected chi connectivity index (χ4v) is 2.10. The summed E-state index contributed by atoms with van der Waals surface area (Å²) < 4.78 is 0. The van der Waals surface area contributed by atoms with Crippen molar-refractivity contribution < 1.29 is 9.59 Å². The minimum Gasteiger partial charge on any atom is -0.339 e. The Balaban J connectivity index is 2.42. The smallest absolute Gasteiger partial charge is 0.256 e. The Morgan fingerprint density at radius 1 is 0.952 bits per heavy atom. The second-order valence-electron chi connectivity index (χ2n) is 4.49. The number of hydrogen-bond donors (Lipinski definition) is 0. The molecule has 0 saturated carbocycles. The number of aromatic nitrogens is 2. The van der Waals surface area contributed by atoms with Gasteiger partial charge in [0.1, 0.15) is 0 Å². The standard InChI is InChI=1S/C16H17N3O2/c1-3-19(4-2)16(21)14-11-18-17-10-13(14)15(20)12-8-6-5-7-9-12/h5-11H,3-4H2,1-2H3. The van der Waals surface area contributed by atoms with Crippen molar-refractivity contribution in [3.05, 3.63) is 59.4 Å². The topological polar surface area (TPSA) is 63.2 Å². The fraction of sp³-hybridized carbons (Fsp3) is 0.250. The third kappa shape index (κ3) is 3.13. The summed E-state index contributed by atoms with van der Waals surface area (Å²) in [5.41, 5.74) is 1.11. The van der Waals surface area contributed by atoms with Gasteiger partial charge in [-0.3, -0.25) is 9.59 Å². The lowest BCUT2D eigenvalue weighted by Gasteiger charge is -2.19. The second-order valence-corrected chi connectivity index (χ2v) is 4.49. The minimum absolute atomic E-state index is 0.200. The lowest BCUT2D eigenvalue weighted by Crippen LogP contribution is -2.32. The van der Waals surface area contributed by atoms with Crippen molar-refractivity contribution in [2.45, 2.75) is 13.8 Å². The first kappa shape index (κ1) is 14.8. The van der Waals surface area contributed by atoms with Gasteiger partial charge in [-0.25, -0.2) is 0 Å². The average molecular weight is 283 g/mol. The highest BCUT2D eigenvalue weighted by Crippen LogP contribution is 2.14. The summed E-state index contributed by atoms with van der Waals surface area (Å²) in [6, 6.07) is 8.84. The number of rotatable bonds is 5. The Bertz CT molecular complexity index is 637. The number of ketones is 1. The van der Waals surface area contributed by atoms with Crippen LogP contribution >= 0.6 is 0 Å². The molecule has 0 saturated heterocycles. The lowest BCUT2D eigenvalue weighted by atomic mass is 10.0. The summed E-state index contributed by atoms with van der Waals surface area (Å²) in [6.07, 6.45) is 2.71. The number of carbonyl (C=O) groups excluding carboxylic acids is 2. The zero-order valence-electron chi connectivity index (χ0n) is 12.1. The van der Waals surface area contributed by atoms with Crippen molar-refractivity contribution in [2.24, 2.45) is 0 Å². The third-order valence-corrected chi connectivity index (χ3v) is 3.29. The minimum atomic E-state index is -0.221. The molecule has 0 bridgehead atoms. The zero-order valence-corrected chi connectivity index (χ0v) is 12.1. The van der Waals surface area contributed by atoms with Crippen LogP contribution in [-0.2, 0) is 0 Å². The predicted molar refractivity (Wildman–Crippen MR) is 79.2 cm³/mol. The van der Waals surface area contributed by atoms with Crippen LogP contribution in [0, 0.1) is 0 Å². The van der Waals surface area contributed by atoms with E-state index in [1.165, 1.54) is 12.4 Å². The highest BCUT2D eigenvalue weighted by molar-refractivity contribution is 6.14. The third-order valence-electron chi connectivity index (χ3n) is 3.29. The van der Waals surface area contributed by atoms with E-state index in [4.69, 9.17) is 0 Å². The molecule has 0 aliphatic carbocycles. The van der Waals surface area contributed by atoms with Crippen LogP contribution in [0.4, 0.5) is 0 Å². The van der Waals surface area contributed by atoms with Crippen LogP contribution in [0.15, 0.2) is 42.7 Å². The van der Waals surface area contributed by atoms with Crippen molar-refractivity contribution in [3.8, 4) is 0 Å². The van der Waals surface area contributed by atoms with Crippen LogP contribution < -0.4 is 0 Å². The summed E-state index contributed by atoms with van der Waals surface area (Å²) in [6.45, 7) is 4.96. The van der Waals surface area contributed by atoms with Gasteiger partial charge in [0.15, 0.2) is 5.78 Å². The van der Waals surface area contributed by atoms with Gasteiger partial charge < -0.3 is 4.90 Å². The molecule has 5 heteroatoms. The first-order valence-corrected chi connectivity index (χ1v) is 6.88. The van der Waals surface area contributed by atoms with Gasteiger partial charge in [0, 0.05) is 18.7 Å². The molecule has 1 heterocycles. The van der Waals surface area contributed by atoms with E-state index in [0.29, 0.717) is 24.2 Å². The normalized spacial score (nSPS) is 10.2. The number of hydrogen-bond acceptors (Lipinski definition) is 4. The van der Waals surface area contributed by atoms with Crippen molar-refractivity contribution in [1.82, 2.24) is 15.1 Å². The number of amides is 1.